The number of benzene rings is 7. The average molecular weight is 671 g/mol. The van der Waals surface area contributed by atoms with Gasteiger partial charge in [0, 0.05) is 64.0 Å². The SMILES string of the molecule is c1ccc(-c2nc(-c3ccc4sc5c(-c6cccc7c6oc6ccccc67)cccc5c4c3)nc(-n3c4ccccc4c4ccccc43)n2)cc1. The Kier molecular flexibility index (Phi) is 6.05. The van der Waals surface area contributed by atoms with E-state index in [2.05, 4.69) is 132 Å². The highest BCUT2D eigenvalue weighted by atomic mass is 32.1. The second-order valence-electron chi connectivity index (χ2n) is 12.8. The molecule has 0 N–H and O–H groups in total. The number of para-hydroxylation sites is 4. The van der Waals surface area contributed by atoms with Crippen LogP contribution in [0, 0.1) is 0 Å². The molecule has 0 aliphatic heterocycles. The molecule has 0 unspecified atom stereocenters. The van der Waals surface area contributed by atoms with Crippen LogP contribution in [0.5, 0.6) is 0 Å². The summed E-state index contributed by atoms with van der Waals surface area (Å²) in [7, 11) is 0. The minimum atomic E-state index is 0.591. The third-order valence-electron chi connectivity index (χ3n) is 9.89. The van der Waals surface area contributed by atoms with Gasteiger partial charge in [-0.3, -0.25) is 4.57 Å². The fraction of sp³-hybridized carbons (Fsp3) is 0. The molecular formula is C45H26N4OS. The van der Waals surface area contributed by atoms with Crippen LogP contribution in [-0.4, -0.2) is 19.5 Å². The maximum absolute atomic E-state index is 6.46. The van der Waals surface area contributed by atoms with Crippen molar-refractivity contribution in [1.82, 2.24) is 19.5 Å². The molecule has 0 saturated carbocycles. The highest BCUT2D eigenvalue weighted by molar-refractivity contribution is 7.26. The van der Waals surface area contributed by atoms with E-state index in [4.69, 9.17) is 19.4 Å². The second kappa shape index (κ2) is 10.9. The maximum Gasteiger partial charge on any atom is 0.238 e. The lowest BCUT2D eigenvalue weighted by Crippen LogP contribution is -2.06. The summed E-state index contributed by atoms with van der Waals surface area (Å²) in [5.41, 5.74) is 8.08. The van der Waals surface area contributed by atoms with E-state index in [1.807, 2.05) is 41.7 Å². The van der Waals surface area contributed by atoms with Crippen molar-refractivity contribution in [2.75, 3.05) is 0 Å². The summed E-state index contributed by atoms with van der Waals surface area (Å²) >= 11 is 1.81. The normalized spacial score (nSPS) is 11.9. The third-order valence-corrected chi connectivity index (χ3v) is 11.1. The monoisotopic (exact) mass is 670 g/mol. The molecule has 238 valence electrons. The number of fused-ring (bicyclic) bond motifs is 9. The number of thiophene rings is 1. The summed E-state index contributed by atoms with van der Waals surface area (Å²) in [5.74, 6) is 1.85. The minimum absolute atomic E-state index is 0.591. The summed E-state index contributed by atoms with van der Waals surface area (Å²) in [6, 6.07) is 54.9. The summed E-state index contributed by atoms with van der Waals surface area (Å²) in [6.07, 6.45) is 0. The molecule has 0 aliphatic carbocycles. The Bertz CT molecular complexity index is 3100. The number of aromatic nitrogens is 4. The molecule has 0 fully saturated rings. The van der Waals surface area contributed by atoms with Crippen molar-refractivity contribution in [2.45, 2.75) is 0 Å². The van der Waals surface area contributed by atoms with Crippen LogP contribution in [0.1, 0.15) is 0 Å². The molecule has 51 heavy (non-hydrogen) atoms. The Hall–Kier alpha value is -6.63. The Morgan fingerprint density at radius 2 is 1.08 bits per heavy atom. The van der Waals surface area contributed by atoms with Gasteiger partial charge in [0.2, 0.25) is 5.95 Å². The molecule has 0 saturated heterocycles. The number of hydrogen-bond acceptors (Lipinski definition) is 5. The lowest BCUT2D eigenvalue weighted by molar-refractivity contribution is 0.670. The quantitative estimate of drug-likeness (QED) is 0.187. The molecule has 11 aromatic rings. The van der Waals surface area contributed by atoms with E-state index >= 15 is 0 Å². The van der Waals surface area contributed by atoms with Gasteiger partial charge in [-0.05, 0) is 36.4 Å². The Morgan fingerprint density at radius 1 is 0.451 bits per heavy atom. The highest BCUT2D eigenvalue weighted by Gasteiger charge is 2.20. The number of rotatable bonds is 4. The first-order valence-corrected chi connectivity index (χ1v) is 17.8. The summed E-state index contributed by atoms with van der Waals surface area (Å²) in [6.45, 7) is 0. The van der Waals surface area contributed by atoms with Gasteiger partial charge < -0.3 is 4.42 Å². The van der Waals surface area contributed by atoms with Gasteiger partial charge in [-0.1, -0.05) is 121 Å². The molecule has 5 nitrogen and oxygen atoms in total. The van der Waals surface area contributed by atoms with E-state index in [1.54, 1.807) is 0 Å². The standard InChI is InChI=1S/C45H26N4OS/c1-2-12-27(13-3-1)43-46-44(48-45(47-43)49-37-21-7-4-14-29(37)30-15-5-8-22-38(30)49)28-24-25-40-36(26-28)35-20-11-19-34(42(35)51-40)33-18-10-17-32-31-16-6-9-23-39(31)50-41(32)33/h1-26H. The minimum Gasteiger partial charge on any atom is -0.455 e. The molecule has 0 atom stereocenters. The van der Waals surface area contributed by atoms with Gasteiger partial charge in [0.05, 0.1) is 11.0 Å². The fourth-order valence-electron chi connectivity index (χ4n) is 7.56. The lowest BCUT2D eigenvalue weighted by atomic mass is 10.00. The molecule has 4 aromatic heterocycles. The van der Waals surface area contributed by atoms with E-state index in [-0.39, 0.29) is 0 Å². The lowest BCUT2D eigenvalue weighted by Gasteiger charge is -2.11. The largest absolute Gasteiger partial charge is 0.455 e. The van der Waals surface area contributed by atoms with Crippen LogP contribution in [0.25, 0.3) is 104 Å². The number of furan rings is 1. The molecular weight excluding hydrogens is 645 g/mol. The van der Waals surface area contributed by atoms with Crippen LogP contribution >= 0.6 is 11.3 Å². The van der Waals surface area contributed by atoms with Crippen molar-refractivity contribution < 1.29 is 4.42 Å². The van der Waals surface area contributed by atoms with Gasteiger partial charge in [0.15, 0.2) is 11.6 Å². The predicted octanol–water partition coefficient (Wildman–Crippen LogP) is 12.2. The van der Waals surface area contributed by atoms with Gasteiger partial charge >= 0.3 is 0 Å². The third kappa shape index (κ3) is 4.30. The molecule has 0 bridgehead atoms. The second-order valence-corrected chi connectivity index (χ2v) is 13.8. The van der Waals surface area contributed by atoms with Crippen LogP contribution in [0.2, 0.25) is 0 Å². The van der Waals surface area contributed by atoms with E-state index in [9.17, 15) is 0 Å². The summed E-state index contributed by atoms with van der Waals surface area (Å²) in [4.78, 5) is 15.4. The van der Waals surface area contributed by atoms with Crippen molar-refractivity contribution in [1.29, 1.82) is 0 Å². The summed E-state index contributed by atoms with van der Waals surface area (Å²) in [5, 5.41) is 6.96. The Morgan fingerprint density at radius 3 is 1.86 bits per heavy atom. The molecule has 7 aromatic carbocycles. The smallest absolute Gasteiger partial charge is 0.238 e. The first-order valence-electron chi connectivity index (χ1n) is 16.9. The van der Waals surface area contributed by atoms with Gasteiger partial charge in [-0.15, -0.1) is 11.3 Å². The zero-order chi connectivity index (χ0) is 33.5. The Balaban J connectivity index is 1.12. The number of nitrogens with zero attached hydrogens (tertiary/aromatic N) is 4. The van der Waals surface area contributed by atoms with E-state index in [0.29, 0.717) is 17.6 Å². The maximum atomic E-state index is 6.46. The number of hydrogen-bond donors (Lipinski definition) is 0. The molecule has 0 radical (unpaired) electrons. The molecule has 6 heteroatoms. The zero-order valence-corrected chi connectivity index (χ0v) is 27.9. The molecule has 0 spiro atoms. The highest BCUT2D eigenvalue weighted by Crippen LogP contribution is 2.44. The van der Waals surface area contributed by atoms with E-state index in [1.165, 1.54) is 25.7 Å². The van der Waals surface area contributed by atoms with Gasteiger partial charge in [-0.25, -0.2) is 4.98 Å². The zero-order valence-electron chi connectivity index (χ0n) is 27.1. The Labute approximate surface area is 295 Å². The van der Waals surface area contributed by atoms with Gasteiger partial charge in [0.1, 0.15) is 11.2 Å². The van der Waals surface area contributed by atoms with Gasteiger partial charge in [-0.2, -0.15) is 9.97 Å². The van der Waals surface area contributed by atoms with E-state index < -0.39 is 0 Å². The molecule has 11 rings (SSSR count). The van der Waals surface area contributed by atoms with E-state index in [0.717, 1.165) is 60.4 Å². The fourth-order valence-corrected chi connectivity index (χ4v) is 8.77. The van der Waals surface area contributed by atoms with Crippen molar-refractivity contribution in [3.8, 4) is 39.9 Å². The van der Waals surface area contributed by atoms with Crippen LogP contribution in [0.4, 0.5) is 0 Å². The first-order chi connectivity index (χ1) is 25.3. The average Bonchev–Trinajstić information content (AvgIpc) is 3.87. The molecule has 0 amide bonds. The molecule has 0 aliphatic rings. The van der Waals surface area contributed by atoms with Crippen LogP contribution in [-0.2, 0) is 0 Å². The van der Waals surface area contributed by atoms with Crippen molar-refractivity contribution >= 4 is 75.3 Å². The van der Waals surface area contributed by atoms with Crippen molar-refractivity contribution in [3.05, 3.63) is 158 Å². The van der Waals surface area contributed by atoms with Crippen LogP contribution in [0.15, 0.2) is 162 Å². The predicted molar refractivity (Wildman–Crippen MR) is 211 cm³/mol. The van der Waals surface area contributed by atoms with Crippen molar-refractivity contribution in [3.63, 3.8) is 0 Å². The van der Waals surface area contributed by atoms with Crippen LogP contribution < -0.4 is 0 Å². The topological polar surface area (TPSA) is 56.7 Å². The molecule has 4 heterocycles. The first kappa shape index (κ1) is 28.2. The van der Waals surface area contributed by atoms with Gasteiger partial charge in [0.25, 0.3) is 0 Å². The van der Waals surface area contributed by atoms with Crippen LogP contribution in [0.3, 0.4) is 0 Å². The van der Waals surface area contributed by atoms with Crippen molar-refractivity contribution in [2.24, 2.45) is 0 Å². The summed E-state index contributed by atoms with van der Waals surface area (Å²) < 4.78 is 11.1.